The van der Waals surface area contributed by atoms with Crippen LogP contribution in [-0.4, -0.2) is 22.8 Å². The predicted octanol–water partition coefficient (Wildman–Crippen LogP) is 3.99. The maximum absolute atomic E-state index is 12.8. The molecular weight excluding hydrogens is 356 g/mol. The number of rotatable bonds is 1. The van der Waals surface area contributed by atoms with Crippen molar-refractivity contribution >= 4 is 52.5 Å². The van der Waals surface area contributed by atoms with E-state index in [0.29, 0.717) is 0 Å². The molecule has 0 aliphatic carbocycles. The van der Waals surface area contributed by atoms with E-state index in [1.807, 2.05) is 30.2 Å². The summed E-state index contributed by atoms with van der Waals surface area (Å²) < 4.78 is 12.8. The molecule has 5 heteroatoms. The molecule has 1 unspecified atom stereocenters. The highest BCUT2D eigenvalue weighted by Gasteiger charge is 2.16. The molecule has 1 aliphatic heterocycles. The number of thioether (sulfide) groups is 2. The van der Waals surface area contributed by atoms with E-state index in [1.54, 1.807) is 11.8 Å². The summed E-state index contributed by atoms with van der Waals surface area (Å²) in [4.78, 5) is 4.64. The first-order valence-electron chi connectivity index (χ1n) is 4.73. The minimum Gasteiger partial charge on any atom is -0.273 e. The molecule has 0 saturated carbocycles. The van der Waals surface area contributed by atoms with Crippen molar-refractivity contribution in [3.05, 3.63) is 35.6 Å². The zero-order valence-electron chi connectivity index (χ0n) is 8.85. The van der Waals surface area contributed by atoms with Gasteiger partial charge in [-0.05, 0) is 24.0 Å². The van der Waals surface area contributed by atoms with Crippen molar-refractivity contribution in [3.63, 3.8) is 0 Å². The van der Waals surface area contributed by atoms with Crippen LogP contribution < -0.4 is 0 Å². The molecule has 0 radical (unpaired) electrons. The van der Waals surface area contributed by atoms with Crippen LogP contribution in [-0.2, 0) is 0 Å². The van der Waals surface area contributed by atoms with Gasteiger partial charge in [-0.15, -0.1) is 35.7 Å². The molecule has 16 heavy (non-hydrogen) atoms. The molecule has 1 aromatic rings. The Kier molecular flexibility index (Phi) is 6.13. The Morgan fingerprint density at radius 1 is 1.38 bits per heavy atom. The molecule has 0 aromatic heterocycles. The van der Waals surface area contributed by atoms with Gasteiger partial charge in [0.15, 0.2) is 0 Å². The topological polar surface area (TPSA) is 12.4 Å². The minimum absolute atomic E-state index is 0. The van der Waals surface area contributed by atoms with Gasteiger partial charge in [-0.25, -0.2) is 4.39 Å². The molecule has 2 rings (SSSR count). The highest BCUT2D eigenvalue weighted by atomic mass is 127. The Hall–Kier alpha value is 0.250. The Morgan fingerprint density at radius 3 is 2.69 bits per heavy atom. The van der Waals surface area contributed by atoms with Gasteiger partial charge in [0.1, 0.15) is 5.82 Å². The minimum atomic E-state index is -0.184. The van der Waals surface area contributed by atoms with Gasteiger partial charge < -0.3 is 0 Å². The van der Waals surface area contributed by atoms with Crippen LogP contribution in [0.3, 0.4) is 0 Å². The number of aliphatic imine (C=N–C) groups is 1. The highest BCUT2D eigenvalue weighted by Crippen LogP contribution is 2.28. The fraction of sp³-hybridized carbons (Fsp3) is 0.364. The van der Waals surface area contributed by atoms with Gasteiger partial charge in [0.25, 0.3) is 0 Å². The molecule has 1 aromatic carbocycles. The molecule has 1 atom stereocenters. The average molecular weight is 369 g/mol. The van der Waals surface area contributed by atoms with E-state index in [-0.39, 0.29) is 35.8 Å². The van der Waals surface area contributed by atoms with Gasteiger partial charge in [0.05, 0.1) is 11.1 Å². The van der Waals surface area contributed by atoms with Crippen molar-refractivity contribution in [2.24, 2.45) is 4.99 Å². The van der Waals surface area contributed by atoms with Gasteiger partial charge in [-0.3, -0.25) is 4.99 Å². The van der Waals surface area contributed by atoms with Crippen LogP contribution in [0.4, 0.5) is 4.39 Å². The van der Waals surface area contributed by atoms with Gasteiger partial charge >= 0.3 is 0 Å². The maximum atomic E-state index is 12.8. The lowest BCUT2D eigenvalue weighted by atomic mass is 10.1. The van der Waals surface area contributed by atoms with E-state index in [0.717, 1.165) is 17.1 Å². The first kappa shape index (κ1) is 14.3. The number of hydrogen-bond donors (Lipinski definition) is 0. The number of nitrogens with zero attached hydrogens (tertiary/aromatic N) is 1. The summed E-state index contributed by atoms with van der Waals surface area (Å²) in [6, 6.07) is 6.86. The van der Waals surface area contributed by atoms with E-state index in [9.17, 15) is 4.39 Å². The Balaban J connectivity index is 0.00000128. The third kappa shape index (κ3) is 3.63. The molecule has 0 fully saturated rings. The van der Waals surface area contributed by atoms with Crippen LogP contribution in [0, 0.1) is 5.82 Å². The lowest BCUT2D eigenvalue weighted by Gasteiger charge is -2.19. The molecule has 88 valence electrons. The highest BCUT2D eigenvalue weighted by molar-refractivity contribution is 14.0. The standard InChI is InChI=1S/C11H12FNS2.HI/c1-14-11-7-15-6-10(13-11)8-2-4-9(12)5-3-8;/h2-5,10H,6-7H2,1H3;1H. The molecular formula is C11H13FINS2. The zero-order chi connectivity index (χ0) is 10.7. The largest absolute Gasteiger partial charge is 0.273 e. The second-order valence-corrected chi connectivity index (χ2v) is 5.22. The summed E-state index contributed by atoms with van der Waals surface area (Å²) in [5, 5.41) is 1.18. The number of hydrogen-bond acceptors (Lipinski definition) is 3. The lowest BCUT2D eigenvalue weighted by Crippen LogP contribution is -2.11. The summed E-state index contributed by atoms with van der Waals surface area (Å²) in [6.07, 6.45) is 2.05. The van der Waals surface area contributed by atoms with E-state index in [1.165, 1.54) is 17.2 Å². The maximum Gasteiger partial charge on any atom is 0.123 e. The SMILES string of the molecule is CSC1=NC(c2ccc(F)cc2)CSC1.I. The monoisotopic (exact) mass is 369 g/mol. The Labute approximate surface area is 121 Å². The van der Waals surface area contributed by atoms with E-state index >= 15 is 0 Å². The Bertz CT molecular complexity index is 367. The fourth-order valence-electron chi connectivity index (χ4n) is 1.47. The predicted molar refractivity (Wildman–Crippen MR) is 82.8 cm³/mol. The quantitative estimate of drug-likeness (QED) is 0.694. The van der Waals surface area contributed by atoms with Crippen LogP contribution in [0.25, 0.3) is 0 Å². The van der Waals surface area contributed by atoms with E-state index in [2.05, 4.69) is 4.99 Å². The van der Waals surface area contributed by atoms with E-state index < -0.39 is 0 Å². The van der Waals surface area contributed by atoms with Crippen molar-refractivity contribution in [2.45, 2.75) is 6.04 Å². The van der Waals surface area contributed by atoms with Crippen molar-refractivity contribution < 1.29 is 4.39 Å². The third-order valence-corrected chi connectivity index (χ3v) is 4.22. The van der Waals surface area contributed by atoms with Gasteiger partial charge in [-0.1, -0.05) is 12.1 Å². The third-order valence-electron chi connectivity index (χ3n) is 2.29. The van der Waals surface area contributed by atoms with Crippen LogP contribution in [0.5, 0.6) is 0 Å². The fourth-order valence-corrected chi connectivity index (χ4v) is 3.28. The summed E-state index contributed by atoms with van der Waals surface area (Å²) in [6.45, 7) is 0. The molecule has 0 bridgehead atoms. The van der Waals surface area contributed by atoms with Crippen molar-refractivity contribution in [2.75, 3.05) is 17.8 Å². The van der Waals surface area contributed by atoms with Crippen LogP contribution in [0.1, 0.15) is 11.6 Å². The molecule has 0 saturated heterocycles. The molecule has 1 heterocycles. The van der Waals surface area contributed by atoms with Gasteiger partial charge in [-0.2, -0.15) is 11.8 Å². The zero-order valence-corrected chi connectivity index (χ0v) is 12.8. The summed E-state index contributed by atoms with van der Waals surface area (Å²) in [5.74, 6) is 1.82. The smallest absolute Gasteiger partial charge is 0.123 e. The molecule has 0 spiro atoms. The molecule has 0 N–H and O–H groups in total. The first-order chi connectivity index (χ1) is 7.29. The average Bonchev–Trinajstić information content (AvgIpc) is 2.30. The number of benzene rings is 1. The second-order valence-electron chi connectivity index (χ2n) is 3.31. The normalized spacial score (nSPS) is 19.9. The number of halogens is 2. The summed E-state index contributed by atoms with van der Waals surface area (Å²) >= 11 is 3.59. The van der Waals surface area contributed by atoms with Crippen LogP contribution >= 0.6 is 47.5 Å². The van der Waals surface area contributed by atoms with Crippen molar-refractivity contribution in [1.82, 2.24) is 0 Å². The first-order valence-corrected chi connectivity index (χ1v) is 7.11. The lowest BCUT2D eigenvalue weighted by molar-refractivity contribution is 0.626. The van der Waals surface area contributed by atoms with Crippen LogP contribution in [0.15, 0.2) is 29.3 Å². The van der Waals surface area contributed by atoms with Crippen molar-refractivity contribution in [3.8, 4) is 0 Å². The molecule has 0 amide bonds. The molecule has 1 nitrogen and oxygen atoms in total. The van der Waals surface area contributed by atoms with Gasteiger partial charge in [0, 0.05) is 11.5 Å². The Morgan fingerprint density at radius 2 is 2.06 bits per heavy atom. The van der Waals surface area contributed by atoms with Gasteiger partial charge in [0.2, 0.25) is 0 Å². The second kappa shape index (κ2) is 6.86. The molecule has 1 aliphatic rings. The van der Waals surface area contributed by atoms with E-state index in [4.69, 9.17) is 0 Å². The van der Waals surface area contributed by atoms with Crippen molar-refractivity contribution in [1.29, 1.82) is 0 Å². The summed E-state index contributed by atoms with van der Waals surface area (Å²) in [7, 11) is 0. The van der Waals surface area contributed by atoms with Crippen LogP contribution in [0.2, 0.25) is 0 Å². The summed E-state index contributed by atoms with van der Waals surface area (Å²) in [5.41, 5.74) is 1.11.